The summed E-state index contributed by atoms with van der Waals surface area (Å²) in [5.41, 5.74) is 2.28. The maximum Gasteiger partial charge on any atom is 0.137 e. The van der Waals surface area contributed by atoms with Crippen LogP contribution in [0.15, 0.2) is 54.9 Å². The van der Waals surface area contributed by atoms with Gasteiger partial charge in [-0.25, -0.2) is 0 Å². The van der Waals surface area contributed by atoms with Gasteiger partial charge < -0.3 is 4.57 Å². The molecule has 0 saturated heterocycles. The Bertz CT molecular complexity index is 738. The first-order chi connectivity index (χ1) is 10.2. The van der Waals surface area contributed by atoms with Crippen LogP contribution >= 0.6 is 23.2 Å². The van der Waals surface area contributed by atoms with E-state index in [0.717, 1.165) is 17.8 Å². The highest BCUT2D eigenvalue weighted by molar-refractivity contribution is 6.42. The highest BCUT2D eigenvalue weighted by Crippen LogP contribution is 2.23. The number of halogens is 2. The van der Waals surface area contributed by atoms with E-state index in [0.29, 0.717) is 16.6 Å². The fraction of sp³-hybridized carbons (Fsp3) is 0.125. The van der Waals surface area contributed by atoms with Gasteiger partial charge in [0.2, 0.25) is 0 Å². The standard InChI is InChI=1S/C16H13Cl2N3/c17-14-7-6-13(8-15(14)18)10-21-11-19-20-16(21)9-12-4-2-1-3-5-12/h1-8,11H,9-10H2. The molecular weight excluding hydrogens is 305 g/mol. The lowest BCUT2D eigenvalue weighted by Crippen LogP contribution is -2.05. The summed E-state index contributed by atoms with van der Waals surface area (Å²) in [6.07, 6.45) is 2.49. The quantitative estimate of drug-likeness (QED) is 0.721. The van der Waals surface area contributed by atoms with Crippen LogP contribution in [0.4, 0.5) is 0 Å². The second-order valence-electron chi connectivity index (χ2n) is 4.79. The number of benzene rings is 2. The minimum atomic E-state index is 0.562. The van der Waals surface area contributed by atoms with Gasteiger partial charge in [-0.05, 0) is 23.3 Å². The molecular formula is C16H13Cl2N3. The van der Waals surface area contributed by atoms with E-state index in [-0.39, 0.29) is 0 Å². The van der Waals surface area contributed by atoms with Gasteiger partial charge in [-0.3, -0.25) is 0 Å². The molecule has 3 nitrogen and oxygen atoms in total. The molecule has 0 atom stereocenters. The summed E-state index contributed by atoms with van der Waals surface area (Å²) in [5.74, 6) is 0.923. The molecule has 0 spiro atoms. The molecule has 1 aromatic heterocycles. The molecule has 0 N–H and O–H groups in total. The van der Waals surface area contributed by atoms with Crippen LogP contribution in [-0.4, -0.2) is 14.8 Å². The summed E-state index contributed by atoms with van der Waals surface area (Å²) in [5, 5.41) is 9.34. The minimum absolute atomic E-state index is 0.562. The normalized spacial score (nSPS) is 10.8. The second-order valence-corrected chi connectivity index (χ2v) is 5.60. The highest BCUT2D eigenvalue weighted by atomic mass is 35.5. The van der Waals surface area contributed by atoms with Crippen molar-refractivity contribution >= 4 is 23.2 Å². The van der Waals surface area contributed by atoms with Crippen molar-refractivity contribution < 1.29 is 0 Å². The van der Waals surface area contributed by atoms with E-state index in [1.165, 1.54) is 5.56 Å². The van der Waals surface area contributed by atoms with Crippen LogP contribution in [0.1, 0.15) is 17.0 Å². The van der Waals surface area contributed by atoms with Crippen LogP contribution in [0, 0.1) is 0 Å². The molecule has 21 heavy (non-hydrogen) atoms. The van der Waals surface area contributed by atoms with Crippen LogP contribution in [0.2, 0.25) is 10.0 Å². The van der Waals surface area contributed by atoms with Crippen molar-refractivity contribution in [1.29, 1.82) is 0 Å². The lowest BCUT2D eigenvalue weighted by Gasteiger charge is -2.08. The second kappa shape index (κ2) is 6.29. The van der Waals surface area contributed by atoms with Crippen molar-refractivity contribution in [2.24, 2.45) is 0 Å². The van der Waals surface area contributed by atoms with Crippen LogP contribution < -0.4 is 0 Å². The predicted octanol–water partition coefficient (Wildman–Crippen LogP) is 4.22. The molecule has 0 bridgehead atoms. The summed E-state index contributed by atoms with van der Waals surface area (Å²) in [4.78, 5) is 0. The first kappa shape index (κ1) is 14.1. The SMILES string of the molecule is Clc1ccc(Cn2cnnc2Cc2ccccc2)cc1Cl. The predicted molar refractivity (Wildman–Crippen MR) is 84.8 cm³/mol. The molecule has 0 saturated carbocycles. The lowest BCUT2D eigenvalue weighted by molar-refractivity contribution is 0.740. The van der Waals surface area contributed by atoms with Crippen molar-refractivity contribution in [3.05, 3.63) is 81.9 Å². The molecule has 1 heterocycles. The zero-order chi connectivity index (χ0) is 14.7. The maximum absolute atomic E-state index is 6.05. The number of hydrogen-bond acceptors (Lipinski definition) is 2. The van der Waals surface area contributed by atoms with Crippen molar-refractivity contribution in [1.82, 2.24) is 14.8 Å². The zero-order valence-corrected chi connectivity index (χ0v) is 12.7. The Hall–Kier alpha value is -1.84. The summed E-state index contributed by atoms with van der Waals surface area (Å²) in [6, 6.07) is 15.8. The Morgan fingerprint density at radius 1 is 0.905 bits per heavy atom. The van der Waals surface area contributed by atoms with Gasteiger partial charge in [0.25, 0.3) is 0 Å². The fourth-order valence-corrected chi connectivity index (χ4v) is 2.48. The Morgan fingerprint density at radius 2 is 1.71 bits per heavy atom. The van der Waals surface area contributed by atoms with Crippen LogP contribution in [0.25, 0.3) is 0 Å². The van der Waals surface area contributed by atoms with E-state index in [4.69, 9.17) is 23.2 Å². The van der Waals surface area contributed by atoms with Crippen molar-refractivity contribution in [2.75, 3.05) is 0 Å². The molecule has 3 aromatic rings. The van der Waals surface area contributed by atoms with E-state index in [9.17, 15) is 0 Å². The highest BCUT2D eigenvalue weighted by Gasteiger charge is 2.07. The van der Waals surface area contributed by atoms with Crippen LogP contribution in [0.5, 0.6) is 0 Å². The minimum Gasteiger partial charge on any atom is -0.313 e. The van der Waals surface area contributed by atoms with Gasteiger partial charge in [-0.15, -0.1) is 10.2 Å². The first-order valence-corrected chi connectivity index (χ1v) is 7.32. The van der Waals surface area contributed by atoms with Crippen molar-refractivity contribution in [3.8, 4) is 0 Å². The molecule has 2 aromatic carbocycles. The van der Waals surface area contributed by atoms with Gasteiger partial charge >= 0.3 is 0 Å². The van der Waals surface area contributed by atoms with E-state index in [2.05, 4.69) is 22.3 Å². The lowest BCUT2D eigenvalue weighted by atomic mass is 10.1. The third kappa shape index (κ3) is 3.43. The molecule has 0 aliphatic carbocycles. The average Bonchev–Trinajstić information content (AvgIpc) is 2.91. The average molecular weight is 318 g/mol. The Morgan fingerprint density at radius 3 is 2.48 bits per heavy atom. The van der Waals surface area contributed by atoms with E-state index < -0.39 is 0 Å². The molecule has 0 aliphatic rings. The molecule has 106 valence electrons. The Kier molecular flexibility index (Phi) is 4.23. The van der Waals surface area contributed by atoms with E-state index in [1.54, 1.807) is 12.4 Å². The van der Waals surface area contributed by atoms with Gasteiger partial charge in [0.05, 0.1) is 16.6 Å². The molecule has 0 aliphatic heterocycles. The van der Waals surface area contributed by atoms with Crippen LogP contribution in [0.3, 0.4) is 0 Å². The third-order valence-electron chi connectivity index (χ3n) is 3.24. The monoisotopic (exact) mass is 317 g/mol. The smallest absolute Gasteiger partial charge is 0.137 e. The molecule has 5 heteroatoms. The van der Waals surface area contributed by atoms with Crippen LogP contribution in [-0.2, 0) is 13.0 Å². The summed E-state index contributed by atoms with van der Waals surface area (Å²) < 4.78 is 2.02. The molecule has 0 amide bonds. The topological polar surface area (TPSA) is 30.7 Å². The number of nitrogens with zero attached hydrogens (tertiary/aromatic N) is 3. The maximum atomic E-state index is 6.05. The van der Waals surface area contributed by atoms with E-state index >= 15 is 0 Å². The summed E-state index contributed by atoms with van der Waals surface area (Å²) in [6.45, 7) is 0.673. The summed E-state index contributed by atoms with van der Waals surface area (Å²) in [7, 11) is 0. The number of hydrogen-bond donors (Lipinski definition) is 0. The van der Waals surface area contributed by atoms with Gasteiger partial charge in [0, 0.05) is 6.42 Å². The summed E-state index contributed by atoms with van der Waals surface area (Å²) >= 11 is 12.0. The zero-order valence-electron chi connectivity index (χ0n) is 11.2. The van der Waals surface area contributed by atoms with Gasteiger partial charge in [0.1, 0.15) is 12.2 Å². The molecule has 0 unspecified atom stereocenters. The van der Waals surface area contributed by atoms with Gasteiger partial charge in [-0.2, -0.15) is 0 Å². The van der Waals surface area contributed by atoms with Crippen molar-refractivity contribution in [3.63, 3.8) is 0 Å². The largest absolute Gasteiger partial charge is 0.313 e. The Balaban J connectivity index is 1.80. The number of aromatic nitrogens is 3. The van der Waals surface area contributed by atoms with E-state index in [1.807, 2.05) is 34.9 Å². The molecule has 3 rings (SSSR count). The Labute approximate surface area is 133 Å². The number of rotatable bonds is 4. The van der Waals surface area contributed by atoms with Gasteiger partial charge in [0.15, 0.2) is 0 Å². The van der Waals surface area contributed by atoms with Crippen molar-refractivity contribution in [2.45, 2.75) is 13.0 Å². The first-order valence-electron chi connectivity index (χ1n) is 6.57. The molecule has 0 radical (unpaired) electrons. The third-order valence-corrected chi connectivity index (χ3v) is 3.98. The molecule has 0 fully saturated rings. The van der Waals surface area contributed by atoms with Gasteiger partial charge in [-0.1, -0.05) is 59.6 Å². The fourth-order valence-electron chi connectivity index (χ4n) is 2.16.